The first-order valence-electron chi connectivity index (χ1n) is 9.40. The molecule has 1 aliphatic rings. The van der Waals surface area contributed by atoms with Gasteiger partial charge in [0.05, 0.1) is 12.7 Å². The number of nitrogens with zero attached hydrogens (tertiary/aromatic N) is 1. The summed E-state index contributed by atoms with van der Waals surface area (Å²) in [7, 11) is 1.52. The molecule has 4 rings (SSSR count). The van der Waals surface area contributed by atoms with Gasteiger partial charge in [-0.2, -0.15) is 0 Å². The Hall–Kier alpha value is -3.68. The van der Waals surface area contributed by atoms with Crippen molar-refractivity contribution in [2.45, 2.75) is 25.9 Å². The summed E-state index contributed by atoms with van der Waals surface area (Å²) < 4.78 is 24.3. The fourth-order valence-electron chi connectivity index (χ4n) is 3.53. The number of ether oxygens (including phenoxy) is 2. The molecule has 30 heavy (non-hydrogen) atoms. The highest BCUT2D eigenvalue weighted by atomic mass is 19.1. The van der Waals surface area contributed by atoms with E-state index in [2.05, 4.69) is 15.3 Å². The van der Waals surface area contributed by atoms with E-state index < -0.39 is 5.92 Å². The molecule has 1 atom stereocenters. The minimum absolute atomic E-state index is 0.125. The number of hydrogen-bond acceptors (Lipinski definition) is 5. The maximum atomic E-state index is 13.1. The van der Waals surface area contributed by atoms with Crippen molar-refractivity contribution in [2.75, 3.05) is 12.4 Å². The highest BCUT2D eigenvalue weighted by Gasteiger charge is 2.31. The molecule has 2 heterocycles. The molecule has 0 fully saturated rings. The predicted molar refractivity (Wildman–Crippen MR) is 108 cm³/mol. The summed E-state index contributed by atoms with van der Waals surface area (Å²) in [4.78, 5) is 31.7. The number of anilines is 1. The van der Waals surface area contributed by atoms with Gasteiger partial charge in [0, 0.05) is 12.3 Å². The normalized spacial score (nSPS) is 15.3. The van der Waals surface area contributed by atoms with E-state index in [9.17, 15) is 14.0 Å². The maximum Gasteiger partial charge on any atom is 0.256 e. The van der Waals surface area contributed by atoms with Crippen molar-refractivity contribution in [3.05, 3.63) is 81.2 Å². The summed E-state index contributed by atoms with van der Waals surface area (Å²) in [6.45, 7) is 1.90. The molecule has 0 bridgehead atoms. The van der Waals surface area contributed by atoms with Gasteiger partial charge in [-0.1, -0.05) is 18.2 Å². The van der Waals surface area contributed by atoms with Crippen molar-refractivity contribution < 1.29 is 18.7 Å². The van der Waals surface area contributed by atoms with Gasteiger partial charge in [-0.3, -0.25) is 9.59 Å². The van der Waals surface area contributed by atoms with Crippen molar-refractivity contribution >= 4 is 11.7 Å². The number of benzene rings is 2. The van der Waals surface area contributed by atoms with Crippen LogP contribution in [-0.4, -0.2) is 23.0 Å². The van der Waals surface area contributed by atoms with Crippen LogP contribution in [0.5, 0.6) is 11.5 Å². The quantitative estimate of drug-likeness (QED) is 0.675. The van der Waals surface area contributed by atoms with Gasteiger partial charge in [-0.25, -0.2) is 9.37 Å². The van der Waals surface area contributed by atoms with Crippen LogP contribution in [0, 0.1) is 12.7 Å². The lowest BCUT2D eigenvalue weighted by molar-refractivity contribution is -0.116. The van der Waals surface area contributed by atoms with Gasteiger partial charge >= 0.3 is 0 Å². The van der Waals surface area contributed by atoms with Gasteiger partial charge in [0.15, 0.2) is 11.5 Å². The zero-order valence-corrected chi connectivity index (χ0v) is 16.5. The Morgan fingerprint density at radius 2 is 1.90 bits per heavy atom. The van der Waals surface area contributed by atoms with E-state index in [1.165, 1.54) is 19.2 Å². The first-order valence-corrected chi connectivity index (χ1v) is 9.40. The number of rotatable bonds is 5. The van der Waals surface area contributed by atoms with Crippen LogP contribution in [0.1, 0.15) is 34.9 Å². The highest BCUT2D eigenvalue weighted by Crippen LogP contribution is 2.38. The number of methoxy groups -OCH3 is 1. The number of aromatic nitrogens is 2. The first kappa shape index (κ1) is 19.6. The van der Waals surface area contributed by atoms with E-state index >= 15 is 0 Å². The summed E-state index contributed by atoms with van der Waals surface area (Å²) in [5.74, 6) is 0.721. The Labute approximate surface area is 171 Å². The van der Waals surface area contributed by atoms with Crippen LogP contribution in [0.2, 0.25) is 0 Å². The molecule has 1 aromatic heterocycles. The van der Waals surface area contributed by atoms with Gasteiger partial charge in [0.25, 0.3) is 5.56 Å². The van der Waals surface area contributed by atoms with E-state index in [0.717, 1.165) is 11.1 Å². The monoisotopic (exact) mass is 409 g/mol. The molecule has 0 aliphatic carbocycles. The van der Waals surface area contributed by atoms with Crippen molar-refractivity contribution in [2.24, 2.45) is 0 Å². The molecule has 2 aromatic carbocycles. The average Bonchev–Trinajstić information content (AvgIpc) is 2.72. The van der Waals surface area contributed by atoms with E-state index in [4.69, 9.17) is 9.47 Å². The smallest absolute Gasteiger partial charge is 0.256 e. The molecule has 0 spiro atoms. The van der Waals surface area contributed by atoms with E-state index in [1.807, 2.05) is 0 Å². The van der Waals surface area contributed by atoms with E-state index in [0.29, 0.717) is 22.9 Å². The Bertz CT molecular complexity index is 1160. The van der Waals surface area contributed by atoms with Crippen LogP contribution < -0.4 is 20.3 Å². The standard InChI is InChI=1S/C22H20FN3O4/c1-12-24-21-20(22(28)25-12)16(10-19(27)26-21)14-5-8-17(18(9-14)29-2)30-11-13-3-6-15(23)7-4-13/h3-9,16H,10-11H2,1-2H3,(H2,24,25,26,27,28). The van der Waals surface area contributed by atoms with Gasteiger partial charge in [-0.05, 0) is 42.3 Å². The molecule has 0 saturated heterocycles. The lowest BCUT2D eigenvalue weighted by atomic mass is 9.86. The number of halogens is 1. The average molecular weight is 409 g/mol. The van der Waals surface area contributed by atoms with Crippen molar-refractivity contribution in [3.8, 4) is 11.5 Å². The van der Waals surface area contributed by atoms with E-state index in [1.54, 1.807) is 37.3 Å². The maximum absolute atomic E-state index is 13.1. The van der Waals surface area contributed by atoms with Gasteiger partial charge < -0.3 is 19.8 Å². The second-order valence-corrected chi connectivity index (χ2v) is 7.04. The molecular weight excluding hydrogens is 389 g/mol. The minimum Gasteiger partial charge on any atom is -0.493 e. The number of aromatic amines is 1. The zero-order valence-electron chi connectivity index (χ0n) is 16.5. The van der Waals surface area contributed by atoms with Gasteiger partial charge in [0.1, 0.15) is 24.1 Å². The number of carbonyl (C=O) groups is 1. The highest BCUT2D eigenvalue weighted by molar-refractivity contribution is 5.94. The molecule has 0 saturated carbocycles. The molecule has 154 valence electrons. The van der Waals surface area contributed by atoms with Gasteiger partial charge in [0.2, 0.25) is 5.91 Å². The Morgan fingerprint density at radius 1 is 1.13 bits per heavy atom. The number of fused-ring (bicyclic) bond motifs is 1. The van der Waals surface area contributed by atoms with Crippen LogP contribution >= 0.6 is 0 Å². The lowest BCUT2D eigenvalue weighted by Crippen LogP contribution is -2.31. The third kappa shape index (κ3) is 3.89. The largest absolute Gasteiger partial charge is 0.493 e. The van der Waals surface area contributed by atoms with Crippen LogP contribution in [0.3, 0.4) is 0 Å². The summed E-state index contributed by atoms with van der Waals surface area (Å²) >= 11 is 0. The SMILES string of the molecule is COc1cc(C2CC(=O)Nc3nc(C)[nH]c(=O)c32)ccc1OCc1ccc(F)cc1. The molecule has 1 unspecified atom stereocenters. The van der Waals surface area contributed by atoms with Crippen molar-refractivity contribution in [1.29, 1.82) is 0 Å². The molecule has 3 aromatic rings. The molecule has 0 radical (unpaired) electrons. The number of amides is 1. The lowest BCUT2D eigenvalue weighted by Gasteiger charge is -2.25. The number of nitrogens with one attached hydrogen (secondary N) is 2. The molecular formula is C22H20FN3O4. The second kappa shape index (κ2) is 7.98. The summed E-state index contributed by atoms with van der Waals surface area (Å²) in [5, 5.41) is 2.67. The number of H-pyrrole nitrogens is 1. The third-order valence-electron chi connectivity index (χ3n) is 4.97. The van der Waals surface area contributed by atoms with E-state index in [-0.39, 0.29) is 36.1 Å². The van der Waals surface area contributed by atoms with Crippen LogP contribution in [0.4, 0.5) is 10.2 Å². The third-order valence-corrected chi connectivity index (χ3v) is 4.97. The van der Waals surface area contributed by atoms with Gasteiger partial charge in [-0.15, -0.1) is 0 Å². The minimum atomic E-state index is -0.453. The van der Waals surface area contributed by atoms with Crippen LogP contribution in [0.25, 0.3) is 0 Å². The number of carbonyl (C=O) groups excluding carboxylic acids is 1. The second-order valence-electron chi connectivity index (χ2n) is 7.04. The zero-order chi connectivity index (χ0) is 21.3. The Balaban J connectivity index is 1.64. The fraction of sp³-hybridized carbons (Fsp3) is 0.227. The molecule has 1 amide bonds. The topological polar surface area (TPSA) is 93.3 Å². The molecule has 8 heteroatoms. The Morgan fingerprint density at radius 3 is 2.63 bits per heavy atom. The Kier molecular flexibility index (Phi) is 5.22. The summed E-state index contributed by atoms with van der Waals surface area (Å²) in [5.41, 5.74) is 1.70. The molecule has 1 aliphatic heterocycles. The first-order chi connectivity index (χ1) is 14.4. The molecule has 2 N–H and O–H groups in total. The molecule has 7 nitrogen and oxygen atoms in total. The van der Waals surface area contributed by atoms with Crippen molar-refractivity contribution in [3.63, 3.8) is 0 Å². The van der Waals surface area contributed by atoms with Crippen LogP contribution in [0.15, 0.2) is 47.3 Å². The number of hydrogen-bond donors (Lipinski definition) is 2. The number of aryl methyl sites for hydroxylation is 1. The van der Waals surface area contributed by atoms with Crippen molar-refractivity contribution in [1.82, 2.24) is 9.97 Å². The van der Waals surface area contributed by atoms with Crippen LogP contribution in [-0.2, 0) is 11.4 Å². The summed E-state index contributed by atoms with van der Waals surface area (Å²) in [6.07, 6.45) is 0.125. The predicted octanol–water partition coefficient (Wildman–Crippen LogP) is 3.28. The summed E-state index contributed by atoms with van der Waals surface area (Å²) in [6, 6.07) is 11.3. The fourth-order valence-corrected chi connectivity index (χ4v) is 3.53.